The predicted octanol–water partition coefficient (Wildman–Crippen LogP) is 1.93. The Morgan fingerprint density at radius 1 is 1.13 bits per heavy atom. The largest absolute Gasteiger partial charge is 0.491 e. The minimum absolute atomic E-state index is 0. The zero-order chi connectivity index (χ0) is 21.5. The van der Waals surface area contributed by atoms with Crippen LogP contribution in [0.3, 0.4) is 0 Å². The van der Waals surface area contributed by atoms with Gasteiger partial charge in [-0.3, -0.25) is 15.0 Å². The first-order chi connectivity index (χ1) is 14.5. The topological polar surface area (TPSA) is 124 Å². The van der Waals surface area contributed by atoms with E-state index in [0.29, 0.717) is 19.0 Å². The molecular formula is C20H25ClN2O7S. The zero-order valence-electron chi connectivity index (χ0n) is 16.7. The van der Waals surface area contributed by atoms with Gasteiger partial charge in [-0.25, -0.2) is 13.9 Å². The number of hydrogen-bond acceptors (Lipinski definition) is 8. The Hall–Kier alpha value is -2.24. The van der Waals surface area contributed by atoms with Gasteiger partial charge in [-0.05, 0) is 49.2 Å². The molecule has 2 heterocycles. The fourth-order valence-electron chi connectivity index (χ4n) is 3.24. The number of hydrogen-bond donors (Lipinski definition) is 2. The highest BCUT2D eigenvalue weighted by Gasteiger charge is 2.52. The number of nitrogens with one attached hydrogen (secondary N) is 1. The van der Waals surface area contributed by atoms with Crippen molar-refractivity contribution in [3.63, 3.8) is 0 Å². The zero-order valence-corrected chi connectivity index (χ0v) is 18.4. The number of aromatic nitrogens is 1. The van der Waals surface area contributed by atoms with E-state index in [1.807, 2.05) is 18.2 Å². The molecule has 1 aromatic carbocycles. The molecule has 2 aromatic rings. The molecule has 9 nitrogen and oxygen atoms in total. The highest BCUT2D eigenvalue weighted by molar-refractivity contribution is 7.93. The lowest BCUT2D eigenvalue weighted by Gasteiger charge is -2.34. The number of amides is 1. The average Bonchev–Trinajstić information content (AvgIpc) is 2.79. The molecule has 11 heteroatoms. The van der Waals surface area contributed by atoms with Crippen molar-refractivity contribution in [2.24, 2.45) is 0 Å². The van der Waals surface area contributed by atoms with Gasteiger partial charge in [-0.2, -0.15) is 0 Å². The van der Waals surface area contributed by atoms with Crippen LogP contribution in [0.5, 0.6) is 5.75 Å². The maximum atomic E-state index is 13.2. The molecule has 1 amide bonds. The molecule has 1 aliphatic heterocycles. The van der Waals surface area contributed by atoms with Gasteiger partial charge in [0.2, 0.25) is 0 Å². The summed E-state index contributed by atoms with van der Waals surface area (Å²) in [5.74, 6) is -0.473. The fraction of sp³-hybridized carbons (Fsp3) is 0.400. The van der Waals surface area contributed by atoms with E-state index in [9.17, 15) is 13.2 Å². The molecule has 0 atom stereocenters. The van der Waals surface area contributed by atoms with Crippen molar-refractivity contribution in [1.82, 2.24) is 10.5 Å². The summed E-state index contributed by atoms with van der Waals surface area (Å²) in [6.07, 6.45) is 1.63. The summed E-state index contributed by atoms with van der Waals surface area (Å²) in [4.78, 5) is 16.4. The highest BCUT2D eigenvalue weighted by atomic mass is 35.5. The first kappa shape index (κ1) is 25.0. The second-order valence-electron chi connectivity index (χ2n) is 6.74. The molecule has 3 rings (SSSR count). The van der Waals surface area contributed by atoms with E-state index < -0.39 is 20.5 Å². The Kier molecular flexibility index (Phi) is 9.20. The van der Waals surface area contributed by atoms with Crippen molar-refractivity contribution in [3.05, 3.63) is 54.4 Å². The van der Waals surface area contributed by atoms with Crippen molar-refractivity contribution in [3.8, 4) is 5.75 Å². The number of carbonyl (C=O) groups excluding carboxylic acids is 1. The number of pyridine rings is 1. The molecule has 170 valence electrons. The van der Waals surface area contributed by atoms with Crippen molar-refractivity contribution < 1.29 is 32.6 Å². The summed E-state index contributed by atoms with van der Waals surface area (Å²) in [6.45, 7) is 1.24. The molecule has 0 saturated carbocycles. The molecular weight excluding hydrogens is 448 g/mol. The number of halogens is 1. The molecule has 1 fully saturated rings. The molecule has 0 unspecified atom stereocenters. The summed E-state index contributed by atoms with van der Waals surface area (Å²) in [5.41, 5.74) is 2.32. The summed E-state index contributed by atoms with van der Waals surface area (Å²) in [7, 11) is -4.05. The van der Waals surface area contributed by atoms with E-state index in [0.717, 1.165) is 5.69 Å². The monoisotopic (exact) mass is 472 g/mol. The first-order valence-electron chi connectivity index (χ1n) is 9.47. The maximum Gasteiger partial charge on any atom is 0.265 e. The van der Waals surface area contributed by atoms with Crippen LogP contribution in [-0.4, -0.2) is 55.7 Å². The third-order valence-electron chi connectivity index (χ3n) is 4.94. The van der Waals surface area contributed by atoms with Gasteiger partial charge in [-0.15, -0.1) is 12.4 Å². The van der Waals surface area contributed by atoms with Crippen LogP contribution in [0.25, 0.3) is 0 Å². The van der Waals surface area contributed by atoms with Crippen molar-refractivity contribution >= 4 is 28.2 Å². The number of hydroxylamine groups is 1. The quantitative estimate of drug-likeness (QED) is 0.322. The minimum atomic E-state index is -4.05. The second-order valence-corrected chi connectivity index (χ2v) is 9.00. The number of benzene rings is 1. The molecule has 1 aliphatic rings. The highest BCUT2D eigenvalue weighted by Crippen LogP contribution is 2.35. The van der Waals surface area contributed by atoms with E-state index in [1.54, 1.807) is 6.20 Å². The minimum Gasteiger partial charge on any atom is -0.491 e. The predicted molar refractivity (Wildman–Crippen MR) is 113 cm³/mol. The van der Waals surface area contributed by atoms with Crippen LogP contribution >= 0.6 is 12.4 Å². The Morgan fingerprint density at radius 2 is 1.84 bits per heavy atom. The maximum absolute atomic E-state index is 13.2. The molecule has 1 aromatic heterocycles. The van der Waals surface area contributed by atoms with Gasteiger partial charge in [0.15, 0.2) is 14.6 Å². The fourth-order valence-corrected chi connectivity index (χ4v) is 5.18. The summed E-state index contributed by atoms with van der Waals surface area (Å²) in [6, 6.07) is 11.4. The van der Waals surface area contributed by atoms with Crippen molar-refractivity contribution in [1.29, 1.82) is 0 Å². The van der Waals surface area contributed by atoms with E-state index in [2.05, 4.69) is 4.98 Å². The molecule has 0 aliphatic carbocycles. The standard InChI is InChI=1S/C20H24N2O7S.ClH/c23-19(22-24)20(8-11-27-12-9-20)30(25,26)18-6-4-17(5-7-18)29-14-13-28-15-16-3-1-2-10-21-16;/h1-7,10,24H,8-9,11-15H2,(H,22,23);1H. The van der Waals surface area contributed by atoms with Crippen molar-refractivity contribution in [2.75, 3.05) is 26.4 Å². The summed E-state index contributed by atoms with van der Waals surface area (Å²) >= 11 is 0. The van der Waals surface area contributed by atoms with E-state index in [4.69, 9.17) is 19.4 Å². The number of ether oxygens (including phenoxy) is 3. The van der Waals surface area contributed by atoms with Gasteiger partial charge >= 0.3 is 0 Å². The van der Waals surface area contributed by atoms with Gasteiger partial charge in [0, 0.05) is 19.4 Å². The van der Waals surface area contributed by atoms with E-state index >= 15 is 0 Å². The molecule has 0 radical (unpaired) electrons. The Bertz CT molecular complexity index is 934. The first-order valence-corrected chi connectivity index (χ1v) is 11.0. The smallest absolute Gasteiger partial charge is 0.265 e. The number of nitrogens with zero attached hydrogens (tertiary/aromatic N) is 1. The van der Waals surface area contributed by atoms with Gasteiger partial charge in [0.1, 0.15) is 12.4 Å². The molecule has 31 heavy (non-hydrogen) atoms. The lowest BCUT2D eigenvalue weighted by molar-refractivity contribution is -0.134. The third kappa shape index (κ3) is 5.72. The molecule has 0 bridgehead atoms. The Morgan fingerprint density at radius 3 is 2.45 bits per heavy atom. The van der Waals surface area contributed by atoms with Crippen LogP contribution in [0.2, 0.25) is 0 Å². The summed E-state index contributed by atoms with van der Waals surface area (Å²) < 4.78 is 40.8. The number of carbonyl (C=O) groups is 1. The van der Waals surface area contributed by atoms with Crippen molar-refractivity contribution in [2.45, 2.75) is 29.1 Å². The van der Waals surface area contributed by atoms with Crippen LogP contribution in [0.1, 0.15) is 18.5 Å². The van der Waals surface area contributed by atoms with Crippen LogP contribution in [-0.2, 0) is 30.7 Å². The van der Waals surface area contributed by atoms with Gasteiger partial charge in [0.25, 0.3) is 5.91 Å². The lowest BCUT2D eigenvalue weighted by Crippen LogP contribution is -2.54. The van der Waals surface area contributed by atoms with Crippen LogP contribution in [0, 0.1) is 0 Å². The second kappa shape index (κ2) is 11.4. The Labute approximate surface area is 187 Å². The van der Waals surface area contributed by atoms with Gasteiger partial charge < -0.3 is 14.2 Å². The molecule has 1 saturated heterocycles. The Balaban J connectivity index is 0.00000341. The lowest BCUT2D eigenvalue weighted by atomic mass is 9.98. The van der Waals surface area contributed by atoms with Gasteiger partial charge in [0.05, 0.1) is 23.8 Å². The number of sulfone groups is 1. The normalized spacial score (nSPS) is 15.5. The van der Waals surface area contributed by atoms with Crippen LogP contribution in [0.4, 0.5) is 0 Å². The van der Waals surface area contributed by atoms with E-state index in [1.165, 1.54) is 29.7 Å². The SMILES string of the molecule is Cl.O=C(NO)C1(S(=O)(=O)c2ccc(OCCOCc3ccccn3)cc2)CCOCC1. The van der Waals surface area contributed by atoms with Crippen LogP contribution in [0.15, 0.2) is 53.6 Å². The van der Waals surface area contributed by atoms with Gasteiger partial charge in [-0.1, -0.05) is 6.07 Å². The number of rotatable bonds is 9. The third-order valence-corrected chi connectivity index (χ3v) is 7.45. The average molecular weight is 473 g/mol. The summed E-state index contributed by atoms with van der Waals surface area (Å²) in [5, 5.41) is 9.08. The molecule has 0 spiro atoms. The molecule has 2 N–H and O–H groups in total. The van der Waals surface area contributed by atoms with E-state index in [-0.39, 0.29) is 50.0 Å². The van der Waals surface area contributed by atoms with Crippen LogP contribution < -0.4 is 10.2 Å².